The number of hydrogen-bond donors (Lipinski definition) is 1. The van der Waals surface area contributed by atoms with Gasteiger partial charge in [0.15, 0.2) is 0 Å². The van der Waals surface area contributed by atoms with E-state index in [0.717, 1.165) is 5.56 Å². The molecule has 0 bridgehead atoms. The third-order valence-electron chi connectivity index (χ3n) is 2.88. The van der Waals surface area contributed by atoms with E-state index in [1.54, 1.807) is 6.20 Å². The zero-order valence-corrected chi connectivity index (χ0v) is 11.9. The van der Waals surface area contributed by atoms with Crippen molar-refractivity contribution in [2.24, 2.45) is 0 Å². The highest BCUT2D eigenvalue weighted by atomic mass is 16.4. The Balaban J connectivity index is 2.01. The number of rotatable bonds is 7. The minimum atomic E-state index is 0.0887. The van der Waals surface area contributed by atoms with Gasteiger partial charge in [0.2, 0.25) is 11.8 Å². The van der Waals surface area contributed by atoms with Crippen LogP contribution < -0.4 is 0 Å². The summed E-state index contributed by atoms with van der Waals surface area (Å²) >= 11 is 0. The summed E-state index contributed by atoms with van der Waals surface area (Å²) in [5, 5.41) is 17.2. The number of aliphatic hydroxyl groups is 1. The first-order valence-corrected chi connectivity index (χ1v) is 6.73. The first kappa shape index (κ1) is 14.6. The Morgan fingerprint density at radius 1 is 1.30 bits per heavy atom. The van der Waals surface area contributed by atoms with E-state index in [-0.39, 0.29) is 12.5 Å². The Kier molecular flexibility index (Phi) is 5.20. The smallest absolute Gasteiger partial charge is 0.230 e. The van der Waals surface area contributed by atoms with E-state index in [2.05, 4.69) is 20.1 Å². The summed E-state index contributed by atoms with van der Waals surface area (Å²) in [4.78, 5) is 6.14. The third kappa shape index (κ3) is 4.11. The molecule has 0 saturated heterocycles. The second kappa shape index (κ2) is 7.12. The van der Waals surface area contributed by atoms with Crippen molar-refractivity contribution < 1.29 is 9.52 Å². The molecule has 0 unspecified atom stereocenters. The average molecular weight is 276 g/mol. The Morgan fingerprint density at radius 3 is 2.75 bits per heavy atom. The molecular formula is C14H20N4O2. The summed E-state index contributed by atoms with van der Waals surface area (Å²) in [6, 6.07) is 3.90. The van der Waals surface area contributed by atoms with Crippen LogP contribution >= 0.6 is 0 Å². The molecule has 0 spiro atoms. The maximum atomic E-state index is 9.16. The molecule has 20 heavy (non-hydrogen) atoms. The molecule has 108 valence electrons. The zero-order valence-electron chi connectivity index (χ0n) is 11.9. The van der Waals surface area contributed by atoms with Gasteiger partial charge in [0, 0.05) is 31.4 Å². The zero-order chi connectivity index (χ0) is 14.4. The Labute approximate surface area is 118 Å². The van der Waals surface area contributed by atoms with Gasteiger partial charge < -0.3 is 9.52 Å². The van der Waals surface area contributed by atoms with Gasteiger partial charge >= 0.3 is 0 Å². The van der Waals surface area contributed by atoms with Crippen LogP contribution in [0.15, 0.2) is 28.9 Å². The summed E-state index contributed by atoms with van der Waals surface area (Å²) in [6.45, 7) is 5.87. The van der Waals surface area contributed by atoms with Gasteiger partial charge in [-0.2, -0.15) is 0 Å². The Hall–Kier alpha value is -1.79. The molecule has 0 fully saturated rings. The minimum absolute atomic E-state index is 0.0887. The van der Waals surface area contributed by atoms with Gasteiger partial charge in [-0.1, -0.05) is 19.9 Å². The summed E-state index contributed by atoms with van der Waals surface area (Å²) in [6.07, 6.45) is 3.56. The predicted molar refractivity (Wildman–Crippen MR) is 73.8 cm³/mol. The third-order valence-corrected chi connectivity index (χ3v) is 2.88. The molecule has 0 aliphatic rings. The molecule has 0 saturated carbocycles. The van der Waals surface area contributed by atoms with Crippen molar-refractivity contribution in [3.63, 3.8) is 0 Å². The first-order chi connectivity index (χ1) is 9.69. The summed E-state index contributed by atoms with van der Waals surface area (Å²) in [7, 11) is 0. The summed E-state index contributed by atoms with van der Waals surface area (Å²) in [5.74, 6) is 1.44. The van der Waals surface area contributed by atoms with Gasteiger partial charge in [0.1, 0.15) is 0 Å². The minimum Gasteiger partial charge on any atom is -0.424 e. The monoisotopic (exact) mass is 276 g/mol. The lowest BCUT2D eigenvalue weighted by Crippen LogP contribution is -2.26. The van der Waals surface area contributed by atoms with Crippen LogP contribution in [0.25, 0.3) is 0 Å². The maximum absolute atomic E-state index is 9.16. The van der Waals surface area contributed by atoms with Crippen molar-refractivity contribution >= 4 is 0 Å². The standard InChI is InChI=1S/C14H20N4O2/c1-11(2)14-17-16-13(20-14)10-18(6-7-19)9-12-4-3-5-15-8-12/h3-5,8,11,19H,6-7,9-10H2,1-2H3. The van der Waals surface area contributed by atoms with Gasteiger partial charge in [-0.05, 0) is 11.6 Å². The Morgan fingerprint density at radius 2 is 2.15 bits per heavy atom. The van der Waals surface area contributed by atoms with Crippen LogP contribution in [0.5, 0.6) is 0 Å². The topological polar surface area (TPSA) is 75.3 Å². The fourth-order valence-electron chi connectivity index (χ4n) is 1.86. The molecule has 2 rings (SSSR count). The molecule has 0 aliphatic carbocycles. The van der Waals surface area contributed by atoms with Crippen molar-refractivity contribution in [3.05, 3.63) is 41.9 Å². The van der Waals surface area contributed by atoms with Crippen molar-refractivity contribution in [1.82, 2.24) is 20.1 Å². The van der Waals surface area contributed by atoms with Crippen LogP contribution in [0, 0.1) is 0 Å². The van der Waals surface area contributed by atoms with E-state index in [9.17, 15) is 0 Å². The number of nitrogens with zero attached hydrogens (tertiary/aromatic N) is 4. The first-order valence-electron chi connectivity index (χ1n) is 6.73. The molecule has 2 heterocycles. The largest absolute Gasteiger partial charge is 0.424 e. The fraction of sp³-hybridized carbons (Fsp3) is 0.500. The highest BCUT2D eigenvalue weighted by Crippen LogP contribution is 2.14. The van der Waals surface area contributed by atoms with Crippen molar-refractivity contribution in [2.75, 3.05) is 13.2 Å². The van der Waals surface area contributed by atoms with Crippen molar-refractivity contribution in [1.29, 1.82) is 0 Å². The van der Waals surface area contributed by atoms with Crippen LogP contribution in [-0.2, 0) is 13.1 Å². The molecular weight excluding hydrogens is 256 g/mol. The van der Waals surface area contributed by atoms with E-state index in [1.165, 1.54) is 0 Å². The quantitative estimate of drug-likeness (QED) is 0.827. The molecule has 0 radical (unpaired) electrons. The van der Waals surface area contributed by atoms with E-state index in [1.807, 2.05) is 32.2 Å². The van der Waals surface area contributed by atoms with Gasteiger partial charge in [-0.25, -0.2) is 0 Å². The lowest BCUT2D eigenvalue weighted by Gasteiger charge is -2.19. The molecule has 0 atom stereocenters. The Bertz CT molecular complexity index is 513. The average Bonchev–Trinajstić information content (AvgIpc) is 2.89. The molecule has 2 aromatic rings. The van der Waals surface area contributed by atoms with Crippen LogP contribution in [-0.4, -0.2) is 38.3 Å². The number of aliphatic hydroxyl groups excluding tert-OH is 1. The SMILES string of the molecule is CC(C)c1nnc(CN(CCO)Cc2cccnc2)o1. The van der Waals surface area contributed by atoms with Crippen LogP contribution in [0.3, 0.4) is 0 Å². The molecule has 0 aliphatic heterocycles. The molecule has 0 aromatic carbocycles. The summed E-state index contributed by atoms with van der Waals surface area (Å²) < 4.78 is 5.60. The van der Waals surface area contributed by atoms with E-state index < -0.39 is 0 Å². The van der Waals surface area contributed by atoms with E-state index in [4.69, 9.17) is 9.52 Å². The number of aromatic nitrogens is 3. The second-order valence-corrected chi connectivity index (χ2v) is 4.98. The summed E-state index contributed by atoms with van der Waals surface area (Å²) in [5.41, 5.74) is 1.09. The molecule has 1 N–H and O–H groups in total. The lowest BCUT2D eigenvalue weighted by molar-refractivity contribution is 0.171. The van der Waals surface area contributed by atoms with Crippen LogP contribution in [0.1, 0.15) is 37.1 Å². The molecule has 6 nitrogen and oxygen atoms in total. The van der Waals surface area contributed by atoms with Crippen molar-refractivity contribution in [2.45, 2.75) is 32.9 Å². The highest BCUT2D eigenvalue weighted by Gasteiger charge is 2.13. The van der Waals surface area contributed by atoms with Gasteiger partial charge in [-0.3, -0.25) is 9.88 Å². The molecule has 0 amide bonds. The van der Waals surface area contributed by atoms with Crippen molar-refractivity contribution in [3.8, 4) is 0 Å². The predicted octanol–water partition coefficient (Wildman–Crippen LogP) is 1.58. The normalized spacial score (nSPS) is 11.4. The molecule has 2 aromatic heterocycles. The van der Waals surface area contributed by atoms with E-state index in [0.29, 0.717) is 31.4 Å². The van der Waals surface area contributed by atoms with Crippen LogP contribution in [0.2, 0.25) is 0 Å². The number of pyridine rings is 1. The van der Waals surface area contributed by atoms with Crippen LogP contribution in [0.4, 0.5) is 0 Å². The second-order valence-electron chi connectivity index (χ2n) is 4.98. The maximum Gasteiger partial charge on any atom is 0.230 e. The fourth-order valence-corrected chi connectivity index (χ4v) is 1.86. The molecule has 6 heteroatoms. The number of hydrogen-bond acceptors (Lipinski definition) is 6. The van der Waals surface area contributed by atoms with Gasteiger partial charge in [-0.15, -0.1) is 10.2 Å². The highest BCUT2D eigenvalue weighted by molar-refractivity contribution is 5.08. The lowest BCUT2D eigenvalue weighted by atomic mass is 10.2. The van der Waals surface area contributed by atoms with Gasteiger partial charge in [0.05, 0.1) is 13.2 Å². The van der Waals surface area contributed by atoms with Gasteiger partial charge in [0.25, 0.3) is 0 Å². The van der Waals surface area contributed by atoms with E-state index >= 15 is 0 Å².